The summed E-state index contributed by atoms with van der Waals surface area (Å²) < 4.78 is 14.1. The van der Waals surface area contributed by atoms with Crippen LogP contribution < -0.4 is 5.73 Å². The van der Waals surface area contributed by atoms with Crippen molar-refractivity contribution in [2.75, 3.05) is 6.54 Å². The largest absolute Gasteiger partial charge is 0.326 e. The smallest absolute Gasteiger partial charge is 0.123 e. The molecule has 2 nitrogen and oxygen atoms in total. The molecule has 2 unspecified atom stereocenters. The molecular weight excluding hydrogens is 271 g/mol. The summed E-state index contributed by atoms with van der Waals surface area (Å²) in [7, 11) is 0. The number of hydrogen-bond donors (Lipinski definition) is 1. The minimum absolute atomic E-state index is 0.186. The van der Waals surface area contributed by atoms with Gasteiger partial charge in [-0.05, 0) is 37.1 Å². The van der Waals surface area contributed by atoms with Gasteiger partial charge in [-0.3, -0.25) is 4.90 Å². The van der Waals surface area contributed by atoms with Crippen molar-refractivity contribution in [2.45, 2.75) is 32.0 Å². The van der Waals surface area contributed by atoms with E-state index in [1.165, 1.54) is 6.07 Å². The summed E-state index contributed by atoms with van der Waals surface area (Å²) >= 11 is 3.45. The topological polar surface area (TPSA) is 29.3 Å². The number of halogens is 2. The number of nitrogens with two attached hydrogens (primary N) is 1. The molecule has 0 radical (unpaired) electrons. The van der Waals surface area contributed by atoms with Gasteiger partial charge in [0.25, 0.3) is 0 Å². The lowest BCUT2D eigenvalue weighted by molar-refractivity contribution is 0.251. The molecule has 88 valence electrons. The Labute approximate surface area is 104 Å². The van der Waals surface area contributed by atoms with Crippen LogP contribution in [0.5, 0.6) is 0 Å². The van der Waals surface area contributed by atoms with Gasteiger partial charge in [-0.15, -0.1) is 0 Å². The normalized spacial score (nSPS) is 26.2. The Hall–Kier alpha value is -0.450. The highest BCUT2D eigenvalue weighted by Gasteiger charge is 2.27. The van der Waals surface area contributed by atoms with Crippen molar-refractivity contribution >= 4 is 15.9 Å². The standard InChI is InChI=1S/C12H16BrFN2/c1-8-12(15)4-5-16(8)7-9-6-10(14)2-3-11(9)13/h2-3,6,8,12H,4-5,7,15H2,1H3. The van der Waals surface area contributed by atoms with Gasteiger partial charge in [0.2, 0.25) is 0 Å². The van der Waals surface area contributed by atoms with Crippen LogP contribution in [0.3, 0.4) is 0 Å². The molecule has 1 aliphatic rings. The Morgan fingerprint density at radius 3 is 2.94 bits per heavy atom. The molecule has 16 heavy (non-hydrogen) atoms. The first kappa shape index (κ1) is 12.0. The SMILES string of the molecule is CC1C(N)CCN1Cc1cc(F)ccc1Br. The quantitative estimate of drug-likeness (QED) is 0.905. The predicted octanol–water partition coefficient (Wildman–Crippen LogP) is 2.51. The third-order valence-electron chi connectivity index (χ3n) is 3.33. The van der Waals surface area contributed by atoms with Gasteiger partial charge in [0, 0.05) is 29.6 Å². The van der Waals surface area contributed by atoms with Gasteiger partial charge in [0.1, 0.15) is 5.82 Å². The minimum Gasteiger partial charge on any atom is -0.326 e. The van der Waals surface area contributed by atoms with Crippen molar-refractivity contribution in [1.82, 2.24) is 4.90 Å². The van der Waals surface area contributed by atoms with E-state index in [0.29, 0.717) is 6.04 Å². The zero-order valence-electron chi connectivity index (χ0n) is 9.29. The molecule has 1 saturated heterocycles. The summed E-state index contributed by atoms with van der Waals surface area (Å²) in [5.41, 5.74) is 6.95. The second-order valence-electron chi connectivity index (χ2n) is 4.40. The fourth-order valence-electron chi connectivity index (χ4n) is 2.14. The van der Waals surface area contributed by atoms with Gasteiger partial charge in [0.15, 0.2) is 0 Å². The van der Waals surface area contributed by atoms with Gasteiger partial charge >= 0.3 is 0 Å². The molecule has 1 fully saturated rings. The van der Waals surface area contributed by atoms with Crippen molar-refractivity contribution in [3.05, 3.63) is 34.1 Å². The number of nitrogens with zero attached hydrogens (tertiary/aromatic N) is 1. The lowest BCUT2D eigenvalue weighted by Crippen LogP contribution is -2.36. The van der Waals surface area contributed by atoms with E-state index in [4.69, 9.17) is 5.73 Å². The molecule has 0 saturated carbocycles. The third kappa shape index (κ3) is 2.44. The molecule has 0 spiro atoms. The molecule has 0 aliphatic carbocycles. The molecule has 4 heteroatoms. The molecule has 0 bridgehead atoms. The Balaban J connectivity index is 2.12. The third-order valence-corrected chi connectivity index (χ3v) is 4.10. The summed E-state index contributed by atoms with van der Waals surface area (Å²) in [6.45, 7) is 3.88. The van der Waals surface area contributed by atoms with Crippen LogP contribution >= 0.6 is 15.9 Å². The summed E-state index contributed by atoms with van der Waals surface area (Å²) in [4.78, 5) is 2.30. The second-order valence-corrected chi connectivity index (χ2v) is 5.25. The Kier molecular flexibility index (Phi) is 3.62. The monoisotopic (exact) mass is 286 g/mol. The Morgan fingerprint density at radius 2 is 2.31 bits per heavy atom. The number of benzene rings is 1. The molecule has 2 rings (SSSR count). The lowest BCUT2D eigenvalue weighted by Gasteiger charge is -2.23. The first-order chi connectivity index (χ1) is 7.58. The van der Waals surface area contributed by atoms with Crippen molar-refractivity contribution in [1.29, 1.82) is 0 Å². The van der Waals surface area contributed by atoms with Crippen LogP contribution in [0.4, 0.5) is 4.39 Å². The summed E-state index contributed by atoms with van der Waals surface area (Å²) in [5.74, 6) is -0.186. The van der Waals surface area contributed by atoms with Crippen LogP contribution in [0.2, 0.25) is 0 Å². The number of hydrogen-bond acceptors (Lipinski definition) is 2. The zero-order chi connectivity index (χ0) is 11.7. The van der Waals surface area contributed by atoms with E-state index in [2.05, 4.69) is 27.8 Å². The summed E-state index contributed by atoms with van der Waals surface area (Å²) in [6, 6.07) is 5.42. The summed E-state index contributed by atoms with van der Waals surface area (Å²) in [5, 5.41) is 0. The molecule has 1 aromatic rings. The van der Waals surface area contributed by atoms with Crippen LogP contribution in [0.25, 0.3) is 0 Å². The first-order valence-electron chi connectivity index (χ1n) is 5.51. The van der Waals surface area contributed by atoms with Gasteiger partial charge in [-0.1, -0.05) is 15.9 Å². The molecule has 1 aromatic carbocycles. The molecule has 0 amide bonds. The fraction of sp³-hybridized carbons (Fsp3) is 0.500. The van der Waals surface area contributed by atoms with E-state index in [0.717, 1.165) is 29.5 Å². The fourth-order valence-corrected chi connectivity index (χ4v) is 2.51. The van der Waals surface area contributed by atoms with E-state index in [1.807, 2.05) is 0 Å². The molecule has 2 atom stereocenters. The van der Waals surface area contributed by atoms with Gasteiger partial charge < -0.3 is 5.73 Å². The molecular formula is C12H16BrFN2. The average molecular weight is 287 g/mol. The minimum atomic E-state index is -0.186. The van der Waals surface area contributed by atoms with Crippen LogP contribution in [0, 0.1) is 5.82 Å². The van der Waals surface area contributed by atoms with Crippen molar-refractivity contribution in [2.24, 2.45) is 5.73 Å². The van der Waals surface area contributed by atoms with E-state index < -0.39 is 0 Å². The van der Waals surface area contributed by atoms with Gasteiger partial charge in [-0.25, -0.2) is 4.39 Å². The average Bonchev–Trinajstić information content (AvgIpc) is 2.55. The van der Waals surface area contributed by atoms with Crippen molar-refractivity contribution < 1.29 is 4.39 Å². The van der Waals surface area contributed by atoms with Crippen LogP contribution in [0.1, 0.15) is 18.9 Å². The van der Waals surface area contributed by atoms with Crippen molar-refractivity contribution in [3.8, 4) is 0 Å². The van der Waals surface area contributed by atoms with Crippen molar-refractivity contribution in [3.63, 3.8) is 0 Å². The highest BCUT2D eigenvalue weighted by atomic mass is 79.9. The van der Waals surface area contributed by atoms with Crippen LogP contribution in [-0.4, -0.2) is 23.5 Å². The van der Waals surface area contributed by atoms with E-state index in [9.17, 15) is 4.39 Å². The van der Waals surface area contributed by atoms with Crippen LogP contribution in [0.15, 0.2) is 22.7 Å². The van der Waals surface area contributed by atoms with Gasteiger partial charge in [-0.2, -0.15) is 0 Å². The van der Waals surface area contributed by atoms with E-state index >= 15 is 0 Å². The molecule has 0 aromatic heterocycles. The maximum Gasteiger partial charge on any atom is 0.123 e. The maximum absolute atomic E-state index is 13.1. The lowest BCUT2D eigenvalue weighted by atomic mass is 10.1. The predicted molar refractivity (Wildman–Crippen MR) is 66.6 cm³/mol. The second kappa shape index (κ2) is 4.82. The highest BCUT2D eigenvalue weighted by molar-refractivity contribution is 9.10. The Bertz CT molecular complexity index is 383. The Morgan fingerprint density at radius 1 is 1.56 bits per heavy atom. The van der Waals surface area contributed by atoms with E-state index in [1.54, 1.807) is 12.1 Å². The highest BCUT2D eigenvalue weighted by Crippen LogP contribution is 2.24. The van der Waals surface area contributed by atoms with Gasteiger partial charge in [0.05, 0.1) is 0 Å². The maximum atomic E-state index is 13.1. The molecule has 2 N–H and O–H groups in total. The number of rotatable bonds is 2. The number of likely N-dealkylation sites (tertiary alicyclic amines) is 1. The molecule has 1 heterocycles. The van der Waals surface area contributed by atoms with Crippen LogP contribution in [-0.2, 0) is 6.54 Å². The van der Waals surface area contributed by atoms with E-state index in [-0.39, 0.29) is 11.9 Å². The zero-order valence-corrected chi connectivity index (χ0v) is 10.9. The first-order valence-corrected chi connectivity index (χ1v) is 6.31. The molecule has 1 aliphatic heterocycles. The summed E-state index contributed by atoms with van der Waals surface area (Å²) in [6.07, 6.45) is 1.02.